The molecule has 2 rings (SSSR count). The number of nitrogens with zero attached hydrogens (tertiary/aromatic N) is 1. The summed E-state index contributed by atoms with van der Waals surface area (Å²) in [5.74, 6) is -11.6. The van der Waals surface area contributed by atoms with Crippen LogP contribution in [0.5, 0.6) is 0 Å². The van der Waals surface area contributed by atoms with Crippen molar-refractivity contribution in [3.05, 3.63) is 71.8 Å². The van der Waals surface area contributed by atoms with Gasteiger partial charge in [0, 0.05) is 13.0 Å². The molecule has 2 aromatic carbocycles. The predicted molar refractivity (Wildman–Crippen MR) is 335 cm³/mol. The van der Waals surface area contributed by atoms with Gasteiger partial charge in [0.05, 0.1) is 38.4 Å². The van der Waals surface area contributed by atoms with E-state index in [0.717, 1.165) is 5.56 Å². The van der Waals surface area contributed by atoms with E-state index in [1.165, 1.54) is 27.7 Å². The Hall–Kier alpha value is -9.38. The van der Waals surface area contributed by atoms with Gasteiger partial charge >= 0.3 is 0 Å². The monoisotopic (exact) mass is 1300 g/mol. The van der Waals surface area contributed by atoms with E-state index in [4.69, 9.17) is 34.4 Å². The molecule has 0 aliphatic carbocycles. The highest BCUT2D eigenvalue weighted by molar-refractivity contribution is 5.99. The zero-order chi connectivity index (χ0) is 68.9. The lowest BCUT2D eigenvalue weighted by molar-refractivity contribution is -0.136. The lowest BCUT2D eigenvalue weighted by atomic mass is 10.0. The van der Waals surface area contributed by atoms with Crippen LogP contribution in [-0.4, -0.2) is 205 Å². The van der Waals surface area contributed by atoms with Crippen LogP contribution in [-0.2, 0) is 75.2 Å². The average molecular weight is 1300 g/mol. The molecule has 11 atom stereocenters. The fourth-order valence-electron chi connectivity index (χ4n) is 8.53. The quantitative estimate of drug-likeness (QED) is 0.0167. The molecule has 0 heterocycles. The van der Waals surface area contributed by atoms with Gasteiger partial charge in [-0.15, -0.1) is 0 Å². The Morgan fingerprint density at radius 1 is 0.435 bits per heavy atom. The van der Waals surface area contributed by atoms with E-state index in [9.17, 15) is 72.5 Å². The summed E-state index contributed by atoms with van der Waals surface area (Å²) in [4.78, 5) is 175. The largest absolute Gasteiger partial charge is 0.394 e. The Labute approximate surface area is 532 Å². The molecular weight excluding hydrogens is 1200 g/mol. The SMILES string of the molecule is C[C@H](NC(=O)CNC(=O)[C@@H](NC(=O)[C@H](Cc1ccccc1)NC(=O)CNC(=O)CNC(=O)[C@@H](N)Cc1ccccc1)[C@@H](C)O)C(=O)N[C@@H](CCCN=C(N)N)C(=O)N[C@@H](CCCCN)C(=O)N[C@@H](CO)C(=O)N[C@@H](C)C(=O)N[C@@H](C)C(=O)N[C@@H](CCCCN)C(N)=O. The number of nitrogens with two attached hydrogens (primary N) is 6. The molecule has 92 heavy (non-hydrogen) atoms. The third-order valence-electron chi connectivity index (χ3n) is 13.8. The summed E-state index contributed by atoms with van der Waals surface area (Å²) in [6.45, 7) is 2.61. The molecule has 0 saturated heterocycles. The Kier molecular flexibility index (Phi) is 36.4. The maximum Gasteiger partial charge on any atom is 0.245 e. The summed E-state index contributed by atoms with van der Waals surface area (Å²) in [5, 5.41) is 49.7. The zero-order valence-corrected chi connectivity index (χ0v) is 52.3. The van der Waals surface area contributed by atoms with Crippen LogP contribution in [0, 0.1) is 0 Å². The third kappa shape index (κ3) is 30.9. The molecule has 0 bridgehead atoms. The van der Waals surface area contributed by atoms with E-state index in [0.29, 0.717) is 31.4 Å². The molecule has 0 radical (unpaired) electrons. The minimum Gasteiger partial charge on any atom is -0.394 e. The van der Waals surface area contributed by atoms with Gasteiger partial charge in [0.15, 0.2) is 5.96 Å². The minimum atomic E-state index is -1.71. The maximum atomic E-state index is 14.0. The minimum absolute atomic E-state index is 0.0122. The van der Waals surface area contributed by atoms with E-state index in [2.05, 4.69) is 68.8 Å². The van der Waals surface area contributed by atoms with Crippen LogP contribution < -0.4 is 98.2 Å². The number of hydrogen-bond acceptors (Lipinski definition) is 19. The summed E-state index contributed by atoms with van der Waals surface area (Å²) in [5.41, 5.74) is 34.9. The smallest absolute Gasteiger partial charge is 0.245 e. The molecule has 34 heteroatoms. The number of rotatable bonds is 43. The lowest BCUT2D eigenvalue weighted by Gasteiger charge is -2.26. The van der Waals surface area contributed by atoms with Crippen molar-refractivity contribution in [2.24, 2.45) is 39.4 Å². The van der Waals surface area contributed by atoms with E-state index < -0.39 is 170 Å². The number of carbonyl (C=O) groups is 13. The zero-order valence-electron chi connectivity index (χ0n) is 52.3. The molecular formula is C58H93N19O15. The number of nitrogens with one attached hydrogen (secondary N) is 12. The fourth-order valence-corrected chi connectivity index (χ4v) is 8.53. The van der Waals surface area contributed by atoms with E-state index >= 15 is 0 Å². The van der Waals surface area contributed by atoms with Crippen LogP contribution in [0.1, 0.15) is 90.2 Å². The second kappa shape index (κ2) is 42.6. The second-order valence-electron chi connectivity index (χ2n) is 21.6. The van der Waals surface area contributed by atoms with Crippen molar-refractivity contribution in [1.82, 2.24) is 63.8 Å². The first kappa shape index (κ1) is 78.7. The number of carbonyl (C=O) groups excluding carboxylic acids is 13. The fraction of sp³-hybridized carbons (Fsp3) is 0.552. The Morgan fingerprint density at radius 2 is 0.848 bits per heavy atom. The van der Waals surface area contributed by atoms with Crippen LogP contribution in [0.3, 0.4) is 0 Å². The first-order chi connectivity index (χ1) is 43.6. The number of benzene rings is 2. The number of unbranched alkanes of at least 4 members (excludes halogenated alkanes) is 2. The average Bonchev–Trinajstić information content (AvgIpc) is 1.06. The molecule has 13 amide bonds. The van der Waals surface area contributed by atoms with Crippen LogP contribution in [0.4, 0.5) is 0 Å². The molecule has 2 aromatic rings. The maximum absolute atomic E-state index is 14.0. The highest BCUT2D eigenvalue weighted by Gasteiger charge is 2.34. The molecule has 0 spiro atoms. The lowest BCUT2D eigenvalue weighted by Crippen LogP contribution is -2.60. The summed E-state index contributed by atoms with van der Waals surface area (Å²) < 4.78 is 0. The van der Waals surface area contributed by atoms with Crippen molar-refractivity contribution in [3.63, 3.8) is 0 Å². The summed E-state index contributed by atoms with van der Waals surface area (Å²) in [6.07, 6.45) is 0.329. The van der Waals surface area contributed by atoms with Crippen LogP contribution in [0.25, 0.3) is 0 Å². The van der Waals surface area contributed by atoms with Gasteiger partial charge < -0.3 is 108 Å². The van der Waals surface area contributed by atoms with Gasteiger partial charge in [-0.1, -0.05) is 60.7 Å². The van der Waals surface area contributed by atoms with Gasteiger partial charge in [0.1, 0.15) is 54.4 Å². The first-order valence-corrected chi connectivity index (χ1v) is 30.0. The van der Waals surface area contributed by atoms with Crippen molar-refractivity contribution in [3.8, 4) is 0 Å². The van der Waals surface area contributed by atoms with Crippen molar-refractivity contribution >= 4 is 82.8 Å². The Bertz CT molecular complexity index is 2800. The van der Waals surface area contributed by atoms with E-state index in [1.54, 1.807) is 54.6 Å². The Morgan fingerprint density at radius 3 is 1.37 bits per heavy atom. The number of amides is 13. The van der Waals surface area contributed by atoms with Gasteiger partial charge in [0.25, 0.3) is 0 Å². The number of aliphatic imine (C=N–C) groups is 1. The standard InChI is InChI=1S/C58H93N19O15/c1-32(69-45(81)30-68-57(92)47(35(4)79)77-55(90)42(27-37-18-9-6-10-19-37)72-46(82)29-66-44(80)28-67-52(87)38(61)26-36-16-7-5-8-17-36)50(85)74-41(22-15-25-65-58(63)64)53(88)75-40(21-12-14-24-60)54(89)76-43(31-78)56(91)71-33(2)49(84)70-34(3)51(86)73-39(48(62)83)20-11-13-23-59/h5-10,16-19,32-35,38-43,47,78-79H,11-15,20-31,59-61H2,1-4H3,(H2,62,83)(H,66,80)(H,67,87)(H,68,92)(H,69,81)(H,70,84)(H,71,91)(H,72,82)(H,73,86)(H,74,85)(H,75,88)(H,76,89)(H,77,90)(H4,63,64,65)/t32-,33-,34-,35+,38-,39-,40-,41-,42-,43-,47-/m0/s1. The molecule has 0 aliphatic rings. The number of hydrogen-bond donors (Lipinski definition) is 20. The summed E-state index contributed by atoms with van der Waals surface area (Å²) >= 11 is 0. The van der Waals surface area contributed by atoms with Crippen molar-refractivity contribution < 1.29 is 72.5 Å². The third-order valence-corrected chi connectivity index (χ3v) is 13.8. The van der Waals surface area contributed by atoms with Crippen LogP contribution >= 0.6 is 0 Å². The summed E-state index contributed by atoms with van der Waals surface area (Å²) in [6, 6.07) is 3.81. The van der Waals surface area contributed by atoms with Crippen molar-refractivity contribution in [2.75, 3.05) is 45.9 Å². The molecule has 34 nitrogen and oxygen atoms in total. The number of primary amides is 1. The molecule has 0 saturated carbocycles. The number of aliphatic hydroxyl groups is 2. The molecule has 510 valence electrons. The second-order valence-corrected chi connectivity index (χ2v) is 21.6. The van der Waals surface area contributed by atoms with E-state index in [-0.39, 0.29) is 64.0 Å². The van der Waals surface area contributed by atoms with Crippen LogP contribution in [0.2, 0.25) is 0 Å². The van der Waals surface area contributed by atoms with Gasteiger partial charge in [-0.25, -0.2) is 0 Å². The summed E-state index contributed by atoms with van der Waals surface area (Å²) in [7, 11) is 0. The van der Waals surface area contributed by atoms with Gasteiger partial charge in [0.2, 0.25) is 76.8 Å². The van der Waals surface area contributed by atoms with Gasteiger partial charge in [-0.2, -0.15) is 0 Å². The van der Waals surface area contributed by atoms with Crippen molar-refractivity contribution in [2.45, 2.75) is 158 Å². The molecule has 0 aliphatic heterocycles. The normalized spacial score (nSPS) is 14.4. The predicted octanol–water partition coefficient (Wildman–Crippen LogP) is -8.26. The molecule has 0 fully saturated rings. The topological polar surface area (TPSA) is 575 Å². The highest BCUT2D eigenvalue weighted by atomic mass is 16.3. The highest BCUT2D eigenvalue weighted by Crippen LogP contribution is 2.09. The molecule has 26 N–H and O–H groups in total. The van der Waals surface area contributed by atoms with Crippen molar-refractivity contribution in [1.29, 1.82) is 0 Å². The molecule has 0 aromatic heterocycles. The number of aliphatic hydroxyl groups excluding tert-OH is 2. The first-order valence-electron chi connectivity index (χ1n) is 30.0. The van der Waals surface area contributed by atoms with Crippen LogP contribution in [0.15, 0.2) is 65.7 Å². The molecule has 0 unspecified atom stereocenters. The number of guanidine groups is 1. The van der Waals surface area contributed by atoms with E-state index in [1.807, 2.05) is 6.07 Å². The van der Waals surface area contributed by atoms with Gasteiger partial charge in [-0.05, 0) is 110 Å². The van der Waals surface area contributed by atoms with Gasteiger partial charge in [-0.3, -0.25) is 67.3 Å². The Balaban J connectivity index is 2.12.